The summed E-state index contributed by atoms with van der Waals surface area (Å²) in [7, 11) is 0. The number of hydrogen-bond acceptors (Lipinski definition) is 3. The van der Waals surface area contributed by atoms with Gasteiger partial charge in [0.2, 0.25) is 5.89 Å². The number of benzene rings is 1. The summed E-state index contributed by atoms with van der Waals surface area (Å²) in [5.74, 6) is 0.162. The number of oxazole rings is 1. The lowest BCUT2D eigenvalue weighted by atomic mass is 10.2. The van der Waals surface area contributed by atoms with E-state index >= 15 is 0 Å². The predicted octanol–water partition coefficient (Wildman–Crippen LogP) is 3.38. The molecule has 4 nitrogen and oxygen atoms in total. The normalized spacial score (nSPS) is 10.8. The minimum Gasteiger partial charge on any atom is -0.444 e. The molecule has 0 spiro atoms. The van der Waals surface area contributed by atoms with Gasteiger partial charge >= 0.3 is 0 Å². The third-order valence-corrected chi connectivity index (χ3v) is 2.76. The molecule has 19 heavy (non-hydrogen) atoms. The van der Waals surface area contributed by atoms with E-state index in [2.05, 4.69) is 10.1 Å². The second-order valence-corrected chi connectivity index (χ2v) is 4.44. The standard InChI is InChI=1S/C13H9ClFN3O/c14-10-5-16-18(6-10)7-12-8-19-13(17-12)9-1-3-11(15)4-2-9/h1-6,8H,7H2. The number of halogens is 2. The van der Waals surface area contributed by atoms with Crippen LogP contribution in [-0.2, 0) is 6.54 Å². The Kier molecular flexibility index (Phi) is 3.05. The minimum atomic E-state index is -0.290. The van der Waals surface area contributed by atoms with E-state index in [1.807, 2.05) is 0 Å². The first-order valence-corrected chi connectivity index (χ1v) is 5.97. The van der Waals surface area contributed by atoms with Crippen molar-refractivity contribution in [3.63, 3.8) is 0 Å². The van der Waals surface area contributed by atoms with E-state index in [-0.39, 0.29) is 5.82 Å². The zero-order chi connectivity index (χ0) is 13.2. The van der Waals surface area contributed by atoms with E-state index in [0.717, 1.165) is 11.3 Å². The highest BCUT2D eigenvalue weighted by atomic mass is 35.5. The van der Waals surface area contributed by atoms with Crippen molar-refractivity contribution in [2.75, 3.05) is 0 Å². The van der Waals surface area contributed by atoms with Gasteiger partial charge in [-0.3, -0.25) is 4.68 Å². The first kappa shape index (κ1) is 11.9. The van der Waals surface area contributed by atoms with Gasteiger partial charge in [-0.25, -0.2) is 9.37 Å². The Morgan fingerprint density at radius 3 is 2.74 bits per heavy atom. The molecule has 2 heterocycles. The fraction of sp³-hybridized carbons (Fsp3) is 0.0769. The molecule has 0 fully saturated rings. The van der Waals surface area contributed by atoms with Crippen LogP contribution < -0.4 is 0 Å². The number of nitrogens with zero attached hydrogens (tertiary/aromatic N) is 3. The Balaban J connectivity index is 1.81. The maximum Gasteiger partial charge on any atom is 0.226 e. The largest absolute Gasteiger partial charge is 0.444 e. The molecule has 0 aliphatic rings. The van der Waals surface area contributed by atoms with E-state index in [4.69, 9.17) is 16.0 Å². The van der Waals surface area contributed by atoms with Crippen molar-refractivity contribution in [3.05, 3.63) is 59.5 Å². The van der Waals surface area contributed by atoms with E-state index in [0.29, 0.717) is 17.5 Å². The van der Waals surface area contributed by atoms with Crippen molar-refractivity contribution in [3.8, 4) is 11.5 Å². The van der Waals surface area contributed by atoms with Gasteiger partial charge in [-0.2, -0.15) is 5.10 Å². The zero-order valence-electron chi connectivity index (χ0n) is 9.75. The summed E-state index contributed by atoms with van der Waals surface area (Å²) in [6, 6.07) is 5.98. The quantitative estimate of drug-likeness (QED) is 0.737. The van der Waals surface area contributed by atoms with E-state index in [9.17, 15) is 4.39 Å². The summed E-state index contributed by atoms with van der Waals surface area (Å²) in [6.45, 7) is 0.470. The molecule has 0 aliphatic carbocycles. The minimum absolute atomic E-state index is 0.290. The van der Waals surface area contributed by atoms with Gasteiger partial charge in [-0.15, -0.1) is 0 Å². The molecule has 0 aliphatic heterocycles. The average Bonchev–Trinajstić information content (AvgIpc) is 3.00. The molecule has 6 heteroatoms. The van der Waals surface area contributed by atoms with Crippen LogP contribution in [0.4, 0.5) is 4.39 Å². The average molecular weight is 278 g/mol. The number of aromatic nitrogens is 3. The number of hydrogen-bond donors (Lipinski definition) is 0. The molecule has 0 N–H and O–H groups in total. The summed E-state index contributed by atoms with van der Waals surface area (Å²) in [6.07, 6.45) is 4.81. The third-order valence-electron chi connectivity index (χ3n) is 2.57. The SMILES string of the molecule is Fc1ccc(-c2nc(Cn3cc(Cl)cn3)co2)cc1. The van der Waals surface area contributed by atoms with Gasteiger partial charge in [0.25, 0.3) is 0 Å². The second-order valence-electron chi connectivity index (χ2n) is 4.01. The highest BCUT2D eigenvalue weighted by molar-refractivity contribution is 6.30. The Labute approximate surface area is 113 Å². The highest BCUT2D eigenvalue weighted by Crippen LogP contribution is 2.19. The van der Waals surface area contributed by atoms with Crippen LogP contribution in [0.15, 0.2) is 47.3 Å². The van der Waals surface area contributed by atoms with Gasteiger partial charge in [-0.1, -0.05) is 11.6 Å². The van der Waals surface area contributed by atoms with Gasteiger partial charge in [0.05, 0.1) is 17.8 Å². The molecule has 3 rings (SSSR count). The summed E-state index contributed by atoms with van der Waals surface area (Å²) in [5.41, 5.74) is 1.45. The monoisotopic (exact) mass is 277 g/mol. The van der Waals surface area contributed by atoms with Crippen molar-refractivity contribution >= 4 is 11.6 Å². The van der Waals surface area contributed by atoms with E-state index < -0.39 is 0 Å². The lowest BCUT2D eigenvalue weighted by molar-refractivity contribution is 0.569. The lowest BCUT2D eigenvalue weighted by Gasteiger charge is -1.95. The molecule has 0 unspecified atom stereocenters. The molecule has 0 amide bonds. The van der Waals surface area contributed by atoms with Crippen LogP contribution in [0.25, 0.3) is 11.5 Å². The molecule has 2 aromatic heterocycles. The van der Waals surface area contributed by atoms with Crippen molar-refractivity contribution < 1.29 is 8.81 Å². The molecular formula is C13H9ClFN3O. The van der Waals surface area contributed by atoms with Crippen LogP contribution in [-0.4, -0.2) is 14.8 Å². The number of rotatable bonds is 3. The Morgan fingerprint density at radius 1 is 1.26 bits per heavy atom. The van der Waals surface area contributed by atoms with Crippen LogP contribution in [0.1, 0.15) is 5.69 Å². The maximum atomic E-state index is 12.8. The first-order valence-electron chi connectivity index (χ1n) is 5.59. The molecule has 0 radical (unpaired) electrons. The van der Waals surface area contributed by atoms with Crippen molar-refractivity contribution in [1.29, 1.82) is 0 Å². The fourth-order valence-corrected chi connectivity index (χ4v) is 1.85. The third kappa shape index (κ3) is 2.66. The van der Waals surface area contributed by atoms with Crippen molar-refractivity contribution in [2.24, 2.45) is 0 Å². The summed E-state index contributed by atoms with van der Waals surface area (Å²) in [5, 5.41) is 4.63. The summed E-state index contributed by atoms with van der Waals surface area (Å²) in [4.78, 5) is 4.32. The van der Waals surface area contributed by atoms with Gasteiger partial charge in [0, 0.05) is 11.8 Å². The molecule has 3 aromatic rings. The molecule has 0 saturated carbocycles. The zero-order valence-corrected chi connectivity index (χ0v) is 10.5. The molecule has 0 atom stereocenters. The Hall–Kier alpha value is -2.14. The van der Waals surface area contributed by atoms with Gasteiger partial charge in [-0.05, 0) is 24.3 Å². The molecular weight excluding hydrogens is 269 g/mol. The van der Waals surface area contributed by atoms with Gasteiger partial charge in [0.15, 0.2) is 0 Å². The van der Waals surface area contributed by atoms with E-state index in [1.54, 1.807) is 35.5 Å². The van der Waals surface area contributed by atoms with Crippen LogP contribution in [0.3, 0.4) is 0 Å². The van der Waals surface area contributed by atoms with Gasteiger partial charge < -0.3 is 4.42 Å². The highest BCUT2D eigenvalue weighted by Gasteiger charge is 2.07. The molecule has 0 bridgehead atoms. The lowest BCUT2D eigenvalue weighted by Crippen LogP contribution is -1.99. The summed E-state index contributed by atoms with van der Waals surface area (Å²) < 4.78 is 19.8. The topological polar surface area (TPSA) is 43.9 Å². The molecule has 1 aromatic carbocycles. The van der Waals surface area contributed by atoms with Crippen molar-refractivity contribution in [2.45, 2.75) is 6.54 Å². The van der Waals surface area contributed by atoms with Crippen LogP contribution >= 0.6 is 11.6 Å². The Morgan fingerprint density at radius 2 is 2.05 bits per heavy atom. The predicted molar refractivity (Wildman–Crippen MR) is 68.2 cm³/mol. The van der Waals surface area contributed by atoms with Crippen molar-refractivity contribution in [1.82, 2.24) is 14.8 Å². The maximum absolute atomic E-state index is 12.8. The molecule has 96 valence electrons. The van der Waals surface area contributed by atoms with Crippen LogP contribution in [0, 0.1) is 5.82 Å². The van der Waals surface area contributed by atoms with Crippen LogP contribution in [0.5, 0.6) is 0 Å². The van der Waals surface area contributed by atoms with Crippen LogP contribution in [0.2, 0.25) is 5.02 Å². The first-order chi connectivity index (χ1) is 9.20. The Bertz CT molecular complexity index is 690. The smallest absolute Gasteiger partial charge is 0.226 e. The fourth-order valence-electron chi connectivity index (χ4n) is 1.70. The van der Waals surface area contributed by atoms with Gasteiger partial charge in [0.1, 0.15) is 17.8 Å². The van der Waals surface area contributed by atoms with E-state index in [1.165, 1.54) is 12.1 Å². The molecule has 0 saturated heterocycles. The summed E-state index contributed by atoms with van der Waals surface area (Å²) >= 11 is 5.78. The second kappa shape index (κ2) is 4.85.